The minimum absolute atomic E-state index is 0.0510. The highest BCUT2D eigenvalue weighted by Gasteiger charge is 2.17. The topological polar surface area (TPSA) is 29.5 Å². The summed E-state index contributed by atoms with van der Waals surface area (Å²) in [6.07, 6.45) is 0. The Kier molecular flexibility index (Phi) is 4.74. The quantitative estimate of drug-likeness (QED) is 0.674. The minimum Gasteiger partial charge on any atom is -0.457 e. The average molecular weight is 323 g/mol. The first kappa shape index (κ1) is 15.3. The Morgan fingerprint density at radius 2 is 1.74 bits per heavy atom. The van der Waals surface area contributed by atoms with Crippen molar-refractivity contribution in [3.63, 3.8) is 0 Å². The summed E-state index contributed by atoms with van der Waals surface area (Å²) in [6, 6.07) is 20.8. The van der Waals surface area contributed by atoms with Crippen LogP contribution in [0.5, 0.6) is 11.5 Å². The normalized spacial score (nSPS) is 10.3. The van der Waals surface area contributed by atoms with E-state index in [2.05, 4.69) is 0 Å². The highest BCUT2D eigenvalue weighted by Crippen LogP contribution is 2.26. The second-order valence-electron chi connectivity index (χ2n) is 5.15. The third-order valence-corrected chi connectivity index (χ3v) is 4.27. The summed E-state index contributed by atoms with van der Waals surface area (Å²) in [5, 5.41) is 2.01. The van der Waals surface area contributed by atoms with E-state index in [4.69, 9.17) is 4.74 Å². The standard InChI is InChI=1S/C19H17NO2S/c1-20(14-16-10-7-13-23-16)19(21)17-11-5-6-12-18(17)22-15-8-3-2-4-9-15/h2-13H,14H2,1H3. The van der Waals surface area contributed by atoms with E-state index in [9.17, 15) is 4.79 Å². The molecule has 0 aliphatic rings. The number of para-hydroxylation sites is 2. The number of rotatable bonds is 5. The minimum atomic E-state index is -0.0510. The lowest BCUT2D eigenvalue weighted by Crippen LogP contribution is -2.26. The third-order valence-electron chi connectivity index (χ3n) is 3.41. The molecule has 0 unspecified atom stereocenters. The van der Waals surface area contributed by atoms with Gasteiger partial charge >= 0.3 is 0 Å². The molecular weight excluding hydrogens is 306 g/mol. The van der Waals surface area contributed by atoms with Gasteiger partial charge < -0.3 is 9.64 Å². The fourth-order valence-electron chi connectivity index (χ4n) is 2.26. The molecule has 23 heavy (non-hydrogen) atoms. The molecule has 0 spiro atoms. The Bertz CT molecular complexity index is 769. The summed E-state index contributed by atoms with van der Waals surface area (Å²) in [4.78, 5) is 15.6. The molecule has 0 aliphatic carbocycles. The van der Waals surface area contributed by atoms with E-state index in [0.717, 1.165) is 4.88 Å². The first-order valence-electron chi connectivity index (χ1n) is 7.34. The fourth-order valence-corrected chi connectivity index (χ4v) is 3.02. The van der Waals surface area contributed by atoms with E-state index in [1.54, 1.807) is 29.4 Å². The van der Waals surface area contributed by atoms with E-state index < -0.39 is 0 Å². The first-order chi connectivity index (χ1) is 11.2. The number of hydrogen-bond donors (Lipinski definition) is 0. The number of nitrogens with zero attached hydrogens (tertiary/aromatic N) is 1. The summed E-state index contributed by atoms with van der Waals surface area (Å²) < 4.78 is 5.87. The molecule has 0 atom stereocenters. The van der Waals surface area contributed by atoms with Crippen molar-refractivity contribution in [2.75, 3.05) is 7.05 Å². The Labute approximate surface area is 139 Å². The van der Waals surface area contributed by atoms with Crippen LogP contribution in [0.2, 0.25) is 0 Å². The molecule has 116 valence electrons. The zero-order valence-corrected chi connectivity index (χ0v) is 13.6. The van der Waals surface area contributed by atoms with Crippen LogP contribution in [-0.2, 0) is 6.54 Å². The molecule has 0 radical (unpaired) electrons. The van der Waals surface area contributed by atoms with Crippen LogP contribution in [0.15, 0.2) is 72.1 Å². The average Bonchev–Trinajstić information content (AvgIpc) is 3.08. The smallest absolute Gasteiger partial charge is 0.257 e. The Morgan fingerprint density at radius 3 is 2.48 bits per heavy atom. The number of benzene rings is 2. The Morgan fingerprint density at radius 1 is 1.00 bits per heavy atom. The van der Waals surface area contributed by atoms with E-state index in [1.165, 1.54) is 0 Å². The highest BCUT2D eigenvalue weighted by atomic mass is 32.1. The molecular formula is C19H17NO2S. The van der Waals surface area contributed by atoms with Crippen LogP contribution in [0, 0.1) is 0 Å². The van der Waals surface area contributed by atoms with Gasteiger partial charge in [-0.3, -0.25) is 4.79 Å². The number of amides is 1. The third kappa shape index (κ3) is 3.79. The monoisotopic (exact) mass is 323 g/mol. The molecule has 2 aromatic carbocycles. The summed E-state index contributed by atoms with van der Waals surface area (Å²) in [5.74, 6) is 1.24. The van der Waals surface area contributed by atoms with Crippen molar-refractivity contribution < 1.29 is 9.53 Å². The number of hydrogen-bond acceptors (Lipinski definition) is 3. The van der Waals surface area contributed by atoms with Crippen LogP contribution >= 0.6 is 11.3 Å². The van der Waals surface area contributed by atoms with Crippen molar-refractivity contribution >= 4 is 17.2 Å². The zero-order chi connectivity index (χ0) is 16.1. The van der Waals surface area contributed by atoms with Gasteiger partial charge in [0.15, 0.2) is 0 Å². The van der Waals surface area contributed by atoms with Crippen LogP contribution in [0.25, 0.3) is 0 Å². The Balaban J connectivity index is 1.80. The molecule has 0 N–H and O–H groups in total. The maximum absolute atomic E-state index is 12.7. The molecule has 1 amide bonds. The summed E-state index contributed by atoms with van der Waals surface area (Å²) in [6.45, 7) is 0.593. The summed E-state index contributed by atoms with van der Waals surface area (Å²) in [5.41, 5.74) is 0.565. The van der Waals surface area contributed by atoms with E-state index in [1.807, 2.05) is 66.0 Å². The molecule has 1 heterocycles. The van der Waals surface area contributed by atoms with Crippen molar-refractivity contribution in [1.82, 2.24) is 4.90 Å². The number of ether oxygens (including phenoxy) is 1. The maximum atomic E-state index is 12.7. The molecule has 0 saturated heterocycles. The second-order valence-corrected chi connectivity index (χ2v) is 6.18. The predicted octanol–water partition coefficient (Wildman–Crippen LogP) is 4.81. The second kappa shape index (κ2) is 7.11. The van der Waals surface area contributed by atoms with Crippen molar-refractivity contribution in [3.8, 4) is 11.5 Å². The molecule has 0 aliphatic heterocycles. The first-order valence-corrected chi connectivity index (χ1v) is 8.22. The van der Waals surface area contributed by atoms with Crippen molar-refractivity contribution in [2.24, 2.45) is 0 Å². The van der Waals surface area contributed by atoms with Gasteiger partial charge in [-0.05, 0) is 35.7 Å². The lowest BCUT2D eigenvalue weighted by Gasteiger charge is -2.18. The van der Waals surface area contributed by atoms with Crippen molar-refractivity contribution in [1.29, 1.82) is 0 Å². The van der Waals surface area contributed by atoms with Gasteiger partial charge in [-0.1, -0.05) is 36.4 Å². The van der Waals surface area contributed by atoms with E-state index in [-0.39, 0.29) is 5.91 Å². The molecule has 0 fully saturated rings. The van der Waals surface area contributed by atoms with Crippen LogP contribution < -0.4 is 4.74 Å². The van der Waals surface area contributed by atoms with Crippen LogP contribution in [0.4, 0.5) is 0 Å². The number of carbonyl (C=O) groups excluding carboxylic acids is 1. The van der Waals surface area contributed by atoms with Crippen LogP contribution in [0.1, 0.15) is 15.2 Å². The summed E-state index contributed by atoms with van der Waals surface area (Å²) in [7, 11) is 1.81. The van der Waals surface area contributed by atoms with Crippen molar-refractivity contribution in [3.05, 3.63) is 82.6 Å². The van der Waals surface area contributed by atoms with Crippen LogP contribution in [0.3, 0.4) is 0 Å². The Hall–Kier alpha value is -2.59. The summed E-state index contributed by atoms with van der Waals surface area (Å²) >= 11 is 1.65. The van der Waals surface area contributed by atoms with Gasteiger partial charge in [0.2, 0.25) is 0 Å². The van der Waals surface area contributed by atoms with Gasteiger partial charge in [0.1, 0.15) is 11.5 Å². The van der Waals surface area contributed by atoms with Gasteiger partial charge in [0.25, 0.3) is 5.91 Å². The maximum Gasteiger partial charge on any atom is 0.257 e. The van der Waals surface area contributed by atoms with Gasteiger partial charge in [-0.2, -0.15) is 0 Å². The van der Waals surface area contributed by atoms with Gasteiger partial charge in [0, 0.05) is 11.9 Å². The molecule has 3 aromatic rings. The predicted molar refractivity (Wildman–Crippen MR) is 93.1 cm³/mol. The van der Waals surface area contributed by atoms with Gasteiger partial charge in [-0.15, -0.1) is 11.3 Å². The molecule has 0 bridgehead atoms. The lowest BCUT2D eigenvalue weighted by atomic mass is 10.1. The SMILES string of the molecule is CN(Cc1cccs1)C(=O)c1ccccc1Oc1ccccc1. The van der Waals surface area contributed by atoms with Gasteiger partial charge in [-0.25, -0.2) is 0 Å². The van der Waals surface area contributed by atoms with Crippen LogP contribution in [-0.4, -0.2) is 17.9 Å². The fraction of sp³-hybridized carbons (Fsp3) is 0.105. The van der Waals surface area contributed by atoms with Gasteiger partial charge in [0.05, 0.1) is 12.1 Å². The highest BCUT2D eigenvalue weighted by molar-refractivity contribution is 7.09. The molecule has 1 aromatic heterocycles. The molecule has 0 saturated carbocycles. The largest absolute Gasteiger partial charge is 0.457 e. The number of carbonyl (C=O) groups is 1. The molecule has 4 heteroatoms. The zero-order valence-electron chi connectivity index (χ0n) is 12.8. The molecule has 3 nitrogen and oxygen atoms in total. The van der Waals surface area contributed by atoms with Crippen molar-refractivity contribution in [2.45, 2.75) is 6.54 Å². The number of thiophene rings is 1. The lowest BCUT2D eigenvalue weighted by molar-refractivity contribution is 0.0784. The van der Waals surface area contributed by atoms with E-state index in [0.29, 0.717) is 23.6 Å². The molecule has 3 rings (SSSR count). The van der Waals surface area contributed by atoms with E-state index >= 15 is 0 Å².